The van der Waals surface area contributed by atoms with E-state index in [0.717, 1.165) is 21.9 Å². The zero-order valence-electron chi connectivity index (χ0n) is 13.8. The SMILES string of the molecule is COc1cc(S(=O)(=O)Nc2ccccc2Sc2ccccc2)ccc1F. The van der Waals surface area contributed by atoms with E-state index in [2.05, 4.69) is 4.72 Å². The van der Waals surface area contributed by atoms with Gasteiger partial charge in [0.15, 0.2) is 11.6 Å². The fourth-order valence-electron chi connectivity index (χ4n) is 2.27. The molecule has 1 N–H and O–H groups in total. The molecule has 134 valence electrons. The van der Waals surface area contributed by atoms with Crippen LogP contribution in [-0.4, -0.2) is 15.5 Å². The third kappa shape index (κ3) is 4.17. The highest BCUT2D eigenvalue weighted by molar-refractivity contribution is 7.99. The van der Waals surface area contributed by atoms with Gasteiger partial charge in [-0.2, -0.15) is 0 Å². The first kappa shape index (κ1) is 18.3. The molecule has 7 heteroatoms. The van der Waals surface area contributed by atoms with Crippen molar-refractivity contribution in [2.24, 2.45) is 0 Å². The first-order valence-electron chi connectivity index (χ1n) is 7.68. The Balaban J connectivity index is 1.91. The molecule has 0 aromatic heterocycles. The second kappa shape index (κ2) is 7.80. The second-order valence-electron chi connectivity index (χ2n) is 5.31. The normalized spacial score (nSPS) is 11.2. The van der Waals surface area contributed by atoms with Crippen molar-refractivity contribution >= 4 is 27.5 Å². The summed E-state index contributed by atoms with van der Waals surface area (Å²) >= 11 is 1.45. The number of methoxy groups -OCH3 is 1. The highest BCUT2D eigenvalue weighted by Crippen LogP contribution is 2.34. The highest BCUT2D eigenvalue weighted by Gasteiger charge is 2.18. The molecule has 3 aromatic rings. The van der Waals surface area contributed by atoms with Gasteiger partial charge in [-0.3, -0.25) is 4.72 Å². The van der Waals surface area contributed by atoms with Gasteiger partial charge in [0.25, 0.3) is 10.0 Å². The lowest BCUT2D eigenvalue weighted by Gasteiger charge is -2.13. The lowest BCUT2D eigenvalue weighted by Crippen LogP contribution is -2.13. The van der Waals surface area contributed by atoms with Crippen molar-refractivity contribution in [2.45, 2.75) is 14.7 Å². The molecule has 0 aliphatic heterocycles. The van der Waals surface area contributed by atoms with Gasteiger partial charge in [0.2, 0.25) is 0 Å². The molecule has 4 nitrogen and oxygen atoms in total. The predicted molar refractivity (Wildman–Crippen MR) is 101 cm³/mol. The zero-order chi connectivity index (χ0) is 18.6. The van der Waals surface area contributed by atoms with Crippen LogP contribution in [-0.2, 0) is 10.0 Å². The number of halogens is 1. The summed E-state index contributed by atoms with van der Waals surface area (Å²) in [7, 11) is -2.60. The first-order valence-corrected chi connectivity index (χ1v) is 9.98. The van der Waals surface area contributed by atoms with Gasteiger partial charge in [-0.1, -0.05) is 42.1 Å². The molecule has 0 heterocycles. The third-order valence-electron chi connectivity index (χ3n) is 3.54. The van der Waals surface area contributed by atoms with Crippen LogP contribution in [0.3, 0.4) is 0 Å². The van der Waals surface area contributed by atoms with Gasteiger partial charge in [-0.15, -0.1) is 0 Å². The topological polar surface area (TPSA) is 55.4 Å². The van der Waals surface area contributed by atoms with Crippen LogP contribution in [0.5, 0.6) is 5.75 Å². The highest BCUT2D eigenvalue weighted by atomic mass is 32.2. The van der Waals surface area contributed by atoms with E-state index >= 15 is 0 Å². The summed E-state index contributed by atoms with van der Waals surface area (Å²) in [4.78, 5) is 1.68. The molecule has 0 aliphatic carbocycles. The third-order valence-corrected chi connectivity index (χ3v) is 5.98. The number of hydrogen-bond donors (Lipinski definition) is 1. The Kier molecular flexibility index (Phi) is 5.49. The number of anilines is 1. The molecule has 26 heavy (non-hydrogen) atoms. The lowest BCUT2D eigenvalue weighted by atomic mass is 10.3. The van der Waals surface area contributed by atoms with Gasteiger partial charge < -0.3 is 4.74 Å². The van der Waals surface area contributed by atoms with E-state index in [1.165, 1.54) is 24.9 Å². The van der Waals surface area contributed by atoms with Crippen LogP contribution in [0.4, 0.5) is 10.1 Å². The van der Waals surface area contributed by atoms with E-state index in [1.807, 2.05) is 42.5 Å². The number of rotatable bonds is 6. The standard InChI is InChI=1S/C19H16FNO3S2/c1-24-18-13-15(11-12-16(18)20)26(22,23)21-17-9-5-6-10-19(17)25-14-7-3-2-4-8-14/h2-13,21H,1H3. The van der Waals surface area contributed by atoms with Gasteiger partial charge >= 0.3 is 0 Å². The maximum atomic E-state index is 13.5. The van der Waals surface area contributed by atoms with Gasteiger partial charge in [-0.05, 0) is 36.4 Å². The van der Waals surface area contributed by atoms with Crippen LogP contribution in [0.15, 0.2) is 87.5 Å². The lowest BCUT2D eigenvalue weighted by molar-refractivity contribution is 0.385. The summed E-state index contributed by atoms with van der Waals surface area (Å²) in [5.74, 6) is -0.744. The molecule has 0 atom stereocenters. The Morgan fingerprint density at radius 1 is 0.962 bits per heavy atom. The molecule has 0 fully saturated rings. The largest absolute Gasteiger partial charge is 0.494 e. The van der Waals surface area contributed by atoms with Crippen LogP contribution in [0.2, 0.25) is 0 Å². The van der Waals surface area contributed by atoms with Crippen molar-refractivity contribution in [3.05, 3.63) is 78.6 Å². The molecule has 0 radical (unpaired) electrons. The predicted octanol–water partition coefficient (Wildman–Crippen LogP) is 4.79. The minimum atomic E-state index is -3.89. The molecule has 0 saturated heterocycles. The molecule has 0 saturated carbocycles. The van der Waals surface area contributed by atoms with E-state index < -0.39 is 15.8 Å². The van der Waals surface area contributed by atoms with E-state index in [1.54, 1.807) is 12.1 Å². The summed E-state index contributed by atoms with van der Waals surface area (Å²) in [5, 5.41) is 0. The molecule has 0 bridgehead atoms. The Morgan fingerprint density at radius 2 is 1.65 bits per heavy atom. The van der Waals surface area contributed by atoms with Crippen LogP contribution in [0.1, 0.15) is 0 Å². The van der Waals surface area contributed by atoms with Gasteiger partial charge in [0.1, 0.15) is 0 Å². The van der Waals surface area contributed by atoms with Crippen molar-refractivity contribution in [2.75, 3.05) is 11.8 Å². The minimum absolute atomic E-state index is 0.0738. The Labute approximate surface area is 156 Å². The van der Waals surface area contributed by atoms with E-state index in [0.29, 0.717) is 5.69 Å². The summed E-state index contributed by atoms with van der Waals surface area (Å²) in [6.45, 7) is 0. The van der Waals surface area contributed by atoms with Crippen molar-refractivity contribution in [3.63, 3.8) is 0 Å². The zero-order valence-corrected chi connectivity index (χ0v) is 15.5. The monoisotopic (exact) mass is 389 g/mol. The van der Waals surface area contributed by atoms with Crippen molar-refractivity contribution in [1.82, 2.24) is 0 Å². The van der Waals surface area contributed by atoms with Crippen LogP contribution < -0.4 is 9.46 Å². The van der Waals surface area contributed by atoms with Gasteiger partial charge in [0.05, 0.1) is 17.7 Å². The number of ether oxygens (including phenoxy) is 1. The van der Waals surface area contributed by atoms with Crippen LogP contribution in [0, 0.1) is 5.82 Å². The number of nitrogens with one attached hydrogen (secondary N) is 1. The summed E-state index contributed by atoms with van der Waals surface area (Å²) in [5.41, 5.74) is 0.449. The second-order valence-corrected chi connectivity index (χ2v) is 8.11. The van der Waals surface area contributed by atoms with E-state index in [4.69, 9.17) is 4.74 Å². The molecule has 3 aromatic carbocycles. The number of para-hydroxylation sites is 1. The van der Waals surface area contributed by atoms with Crippen molar-refractivity contribution in [3.8, 4) is 5.75 Å². The summed E-state index contributed by atoms with van der Waals surface area (Å²) < 4.78 is 46.4. The molecule has 0 unspecified atom stereocenters. The minimum Gasteiger partial charge on any atom is -0.494 e. The smallest absolute Gasteiger partial charge is 0.262 e. The van der Waals surface area contributed by atoms with Crippen molar-refractivity contribution < 1.29 is 17.5 Å². The van der Waals surface area contributed by atoms with Gasteiger partial charge in [-0.25, -0.2) is 12.8 Å². The maximum absolute atomic E-state index is 13.5. The van der Waals surface area contributed by atoms with Crippen LogP contribution in [0.25, 0.3) is 0 Å². The Morgan fingerprint density at radius 3 is 2.38 bits per heavy atom. The molecule has 0 aliphatic rings. The fraction of sp³-hybridized carbons (Fsp3) is 0.0526. The maximum Gasteiger partial charge on any atom is 0.262 e. The molecule has 0 spiro atoms. The van der Waals surface area contributed by atoms with Crippen LogP contribution >= 0.6 is 11.8 Å². The fourth-order valence-corrected chi connectivity index (χ4v) is 4.35. The molecule has 0 amide bonds. The summed E-state index contributed by atoms with van der Waals surface area (Å²) in [6, 6.07) is 20.2. The van der Waals surface area contributed by atoms with Gasteiger partial charge in [0, 0.05) is 15.9 Å². The number of benzene rings is 3. The Bertz CT molecular complexity index is 1010. The Hall–Kier alpha value is -2.51. The molecular weight excluding hydrogens is 373 g/mol. The average Bonchev–Trinajstić information content (AvgIpc) is 2.64. The average molecular weight is 389 g/mol. The quantitative estimate of drug-likeness (QED) is 0.659. The molecular formula is C19H16FNO3S2. The van der Waals surface area contributed by atoms with E-state index in [-0.39, 0.29) is 10.6 Å². The van der Waals surface area contributed by atoms with Crippen molar-refractivity contribution in [1.29, 1.82) is 0 Å². The first-order chi connectivity index (χ1) is 12.5. The number of hydrogen-bond acceptors (Lipinski definition) is 4. The van der Waals surface area contributed by atoms with E-state index in [9.17, 15) is 12.8 Å². The summed E-state index contributed by atoms with van der Waals surface area (Å²) in [6.07, 6.45) is 0. The number of sulfonamides is 1. The molecule has 3 rings (SSSR count).